The molecule has 0 aliphatic rings. The molecule has 0 fully saturated rings. The molecule has 0 bridgehead atoms. The molecule has 11 heteroatoms. The molecule has 1 rings (SSSR count). The fourth-order valence-corrected chi connectivity index (χ4v) is 3.14. The van der Waals surface area contributed by atoms with Gasteiger partial charge in [-0.2, -0.15) is 13.5 Å². The quantitative estimate of drug-likeness (QED) is 0.643. The van der Waals surface area contributed by atoms with E-state index in [4.69, 9.17) is 5.11 Å². The van der Waals surface area contributed by atoms with Gasteiger partial charge < -0.3 is 9.84 Å². The Morgan fingerprint density at radius 3 is 2.41 bits per heavy atom. The van der Waals surface area contributed by atoms with Gasteiger partial charge in [0.05, 0.1) is 19.2 Å². The Morgan fingerprint density at radius 2 is 1.91 bits per heavy atom. The molecule has 0 saturated heterocycles. The van der Waals surface area contributed by atoms with Crippen molar-refractivity contribution in [2.24, 2.45) is 7.05 Å². The minimum absolute atomic E-state index is 0.118. The summed E-state index contributed by atoms with van der Waals surface area (Å²) in [5.74, 6) is -3.15. The van der Waals surface area contributed by atoms with E-state index in [-0.39, 0.29) is 11.3 Å². The number of aryl methyl sites for hydroxylation is 2. The van der Waals surface area contributed by atoms with Crippen LogP contribution in [0, 0.1) is 6.92 Å². The molecule has 0 atom stereocenters. The van der Waals surface area contributed by atoms with Crippen LogP contribution >= 0.6 is 0 Å². The normalized spacial score (nSPS) is 11.0. The molecule has 1 aromatic rings. The SMILES string of the molecule is COC(=O)c1c(C)nn(C)c1S(=O)(=O)NC(=O)CCC(=O)O. The van der Waals surface area contributed by atoms with Crippen LogP contribution in [-0.2, 0) is 31.4 Å². The van der Waals surface area contributed by atoms with Crippen LogP contribution in [0.1, 0.15) is 28.9 Å². The summed E-state index contributed by atoms with van der Waals surface area (Å²) in [7, 11) is -2.03. The summed E-state index contributed by atoms with van der Waals surface area (Å²) in [6.07, 6.45) is -1.03. The molecular formula is C11H15N3O7S. The lowest BCUT2D eigenvalue weighted by atomic mass is 10.3. The Morgan fingerprint density at radius 1 is 1.32 bits per heavy atom. The summed E-state index contributed by atoms with van der Waals surface area (Å²) in [6, 6.07) is 0. The van der Waals surface area contributed by atoms with Crippen LogP contribution < -0.4 is 4.72 Å². The van der Waals surface area contributed by atoms with E-state index in [0.29, 0.717) is 0 Å². The Kier molecular flexibility index (Phi) is 5.25. The first-order chi connectivity index (χ1) is 10.1. The maximum absolute atomic E-state index is 12.2. The van der Waals surface area contributed by atoms with Crippen molar-refractivity contribution >= 4 is 27.9 Å². The number of hydrogen-bond donors (Lipinski definition) is 2. The topological polar surface area (TPSA) is 145 Å². The number of aliphatic carboxylic acids is 1. The average molecular weight is 333 g/mol. The van der Waals surface area contributed by atoms with E-state index in [9.17, 15) is 22.8 Å². The maximum atomic E-state index is 12.2. The van der Waals surface area contributed by atoms with Crippen LogP contribution in [-0.4, -0.2) is 48.3 Å². The van der Waals surface area contributed by atoms with Crippen LogP contribution in [0.4, 0.5) is 0 Å². The second-order valence-corrected chi connectivity index (χ2v) is 5.90. The number of nitrogens with one attached hydrogen (secondary N) is 1. The van der Waals surface area contributed by atoms with E-state index in [1.165, 1.54) is 14.0 Å². The van der Waals surface area contributed by atoms with Gasteiger partial charge in [-0.3, -0.25) is 14.3 Å². The highest BCUT2D eigenvalue weighted by Crippen LogP contribution is 2.19. The standard InChI is InChI=1S/C11H15N3O7S/c1-6-9(11(18)21-3)10(14(2)12-6)22(19,20)13-7(15)4-5-8(16)17/h4-5H2,1-3H3,(H,13,15)(H,16,17). The molecule has 1 aromatic heterocycles. The van der Waals surface area contributed by atoms with Crippen molar-refractivity contribution in [3.63, 3.8) is 0 Å². The van der Waals surface area contributed by atoms with Crippen molar-refractivity contribution in [2.45, 2.75) is 24.8 Å². The van der Waals surface area contributed by atoms with E-state index in [0.717, 1.165) is 11.8 Å². The van der Waals surface area contributed by atoms with Gasteiger partial charge >= 0.3 is 11.9 Å². The summed E-state index contributed by atoms with van der Waals surface area (Å²) in [5.41, 5.74) is -0.170. The zero-order chi connectivity index (χ0) is 17.1. The molecule has 122 valence electrons. The highest BCUT2D eigenvalue weighted by molar-refractivity contribution is 7.90. The molecule has 10 nitrogen and oxygen atoms in total. The summed E-state index contributed by atoms with van der Waals surface area (Å²) in [5, 5.41) is 11.8. The highest BCUT2D eigenvalue weighted by Gasteiger charge is 2.31. The summed E-state index contributed by atoms with van der Waals surface area (Å²) < 4.78 is 31.6. The number of carbonyl (C=O) groups excluding carboxylic acids is 2. The number of carboxylic acid groups (broad SMARTS) is 1. The number of ether oxygens (including phenoxy) is 1. The molecular weight excluding hydrogens is 318 g/mol. The number of hydrogen-bond acceptors (Lipinski definition) is 7. The Balaban J connectivity index is 3.16. The number of methoxy groups -OCH3 is 1. The summed E-state index contributed by atoms with van der Waals surface area (Å²) in [4.78, 5) is 33.6. The van der Waals surface area contributed by atoms with Crippen molar-refractivity contribution in [3.05, 3.63) is 11.3 Å². The van der Waals surface area contributed by atoms with Gasteiger partial charge in [0.2, 0.25) is 5.91 Å². The van der Waals surface area contributed by atoms with Crippen molar-refractivity contribution in [1.82, 2.24) is 14.5 Å². The van der Waals surface area contributed by atoms with Crippen LogP contribution in [0.5, 0.6) is 0 Å². The lowest BCUT2D eigenvalue weighted by Crippen LogP contribution is -2.33. The van der Waals surface area contributed by atoms with Crippen molar-refractivity contribution < 1.29 is 32.6 Å². The Labute approximate surface area is 126 Å². The average Bonchev–Trinajstić information content (AvgIpc) is 2.70. The number of esters is 1. The van der Waals surface area contributed by atoms with E-state index in [1.54, 1.807) is 4.72 Å². The van der Waals surface area contributed by atoms with Gasteiger partial charge in [0.1, 0.15) is 5.56 Å². The van der Waals surface area contributed by atoms with Gasteiger partial charge in [-0.15, -0.1) is 0 Å². The lowest BCUT2D eigenvalue weighted by molar-refractivity contribution is -0.138. The van der Waals surface area contributed by atoms with Crippen LogP contribution in [0.2, 0.25) is 0 Å². The third kappa shape index (κ3) is 3.81. The second kappa shape index (κ2) is 6.56. The number of rotatable bonds is 6. The monoisotopic (exact) mass is 333 g/mol. The predicted molar refractivity (Wildman–Crippen MR) is 71.5 cm³/mol. The number of carbonyl (C=O) groups is 3. The van der Waals surface area contributed by atoms with Crippen LogP contribution in [0.25, 0.3) is 0 Å². The van der Waals surface area contributed by atoms with Gasteiger partial charge in [-0.05, 0) is 6.92 Å². The molecule has 2 N–H and O–H groups in total. The van der Waals surface area contributed by atoms with E-state index < -0.39 is 45.7 Å². The molecule has 0 aliphatic heterocycles. The molecule has 0 aliphatic carbocycles. The van der Waals surface area contributed by atoms with Crippen molar-refractivity contribution in [1.29, 1.82) is 0 Å². The smallest absolute Gasteiger partial charge is 0.342 e. The largest absolute Gasteiger partial charge is 0.481 e. The van der Waals surface area contributed by atoms with E-state index in [1.807, 2.05) is 0 Å². The highest BCUT2D eigenvalue weighted by atomic mass is 32.2. The van der Waals surface area contributed by atoms with E-state index >= 15 is 0 Å². The maximum Gasteiger partial charge on any atom is 0.342 e. The van der Waals surface area contributed by atoms with Gasteiger partial charge in [0.25, 0.3) is 10.0 Å². The molecule has 0 aromatic carbocycles. The Bertz CT molecular complexity index is 720. The van der Waals surface area contributed by atoms with Gasteiger partial charge in [0.15, 0.2) is 5.03 Å². The number of nitrogens with zero attached hydrogens (tertiary/aromatic N) is 2. The Hall–Kier alpha value is -2.43. The predicted octanol–water partition coefficient (Wildman–Crippen LogP) is -0.815. The number of amides is 1. The second-order valence-electron chi connectivity index (χ2n) is 4.30. The first-order valence-electron chi connectivity index (χ1n) is 5.99. The molecule has 0 unspecified atom stereocenters. The minimum atomic E-state index is -4.40. The molecule has 1 heterocycles. The molecule has 1 amide bonds. The fraction of sp³-hybridized carbons (Fsp3) is 0.455. The zero-order valence-electron chi connectivity index (χ0n) is 12.1. The first kappa shape index (κ1) is 17.6. The number of sulfonamides is 1. The van der Waals surface area contributed by atoms with Crippen LogP contribution in [0.3, 0.4) is 0 Å². The third-order valence-corrected chi connectivity index (χ3v) is 4.10. The molecule has 0 spiro atoms. The van der Waals surface area contributed by atoms with Gasteiger partial charge in [0, 0.05) is 13.5 Å². The lowest BCUT2D eigenvalue weighted by Gasteiger charge is -2.08. The van der Waals surface area contributed by atoms with Gasteiger partial charge in [-0.1, -0.05) is 0 Å². The van der Waals surface area contributed by atoms with Gasteiger partial charge in [-0.25, -0.2) is 9.52 Å². The molecule has 0 saturated carbocycles. The molecule has 22 heavy (non-hydrogen) atoms. The zero-order valence-corrected chi connectivity index (χ0v) is 12.9. The van der Waals surface area contributed by atoms with Crippen molar-refractivity contribution in [3.8, 4) is 0 Å². The summed E-state index contributed by atoms with van der Waals surface area (Å²) >= 11 is 0. The number of aromatic nitrogens is 2. The summed E-state index contributed by atoms with van der Waals surface area (Å²) in [6.45, 7) is 1.41. The van der Waals surface area contributed by atoms with E-state index in [2.05, 4.69) is 9.84 Å². The first-order valence-corrected chi connectivity index (χ1v) is 7.47. The molecule has 0 radical (unpaired) electrons. The third-order valence-electron chi connectivity index (χ3n) is 2.63. The number of carboxylic acids is 1. The minimum Gasteiger partial charge on any atom is -0.481 e. The fourth-order valence-electron chi connectivity index (χ4n) is 1.75. The van der Waals surface area contributed by atoms with Crippen molar-refractivity contribution in [2.75, 3.05) is 7.11 Å². The van der Waals surface area contributed by atoms with Crippen LogP contribution in [0.15, 0.2) is 5.03 Å².